The number of ether oxygens (including phenoxy) is 2. The van der Waals surface area contributed by atoms with E-state index in [1.54, 1.807) is 18.3 Å². The van der Waals surface area contributed by atoms with Crippen molar-refractivity contribution in [3.8, 4) is 0 Å². The van der Waals surface area contributed by atoms with Gasteiger partial charge < -0.3 is 35.6 Å². The Morgan fingerprint density at radius 3 is 2.56 bits per heavy atom. The third-order valence-corrected chi connectivity index (χ3v) is 8.68. The number of benzene rings is 2. The molecule has 0 spiro atoms. The molecule has 1 aliphatic rings. The zero-order chi connectivity index (χ0) is 34.1. The topological polar surface area (TPSA) is 147 Å². The number of likely N-dealkylation sites (N-methyl/N-ethyl adjacent to an activating group) is 1. The summed E-state index contributed by atoms with van der Waals surface area (Å²) in [6.45, 7) is 6.09. The van der Waals surface area contributed by atoms with Crippen LogP contribution in [0.5, 0.6) is 0 Å². The lowest BCUT2D eigenvalue weighted by Crippen LogP contribution is -2.34. The third kappa shape index (κ3) is 12.5. The van der Waals surface area contributed by atoms with E-state index in [-0.39, 0.29) is 17.2 Å². The maximum atomic E-state index is 14.2. The number of piperidine rings is 1. The van der Waals surface area contributed by atoms with E-state index in [1.165, 1.54) is 30.5 Å². The van der Waals surface area contributed by atoms with Crippen molar-refractivity contribution in [2.75, 3.05) is 76.8 Å². The van der Waals surface area contributed by atoms with Gasteiger partial charge in [-0.3, -0.25) is 14.3 Å². The molecule has 258 valence electrons. The molecule has 5 N–H and O–H groups in total. The number of carbonyl (C=O) groups excluding carboxylic acids is 2. The summed E-state index contributed by atoms with van der Waals surface area (Å²) in [4.78, 5) is 37.7. The van der Waals surface area contributed by atoms with Crippen molar-refractivity contribution in [3.63, 3.8) is 0 Å². The lowest BCUT2D eigenvalue weighted by Gasteiger charge is -2.25. The summed E-state index contributed by atoms with van der Waals surface area (Å²) in [6.07, 6.45) is 8.57. The van der Waals surface area contributed by atoms with Crippen molar-refractivity contribution < 1.29 is 23.5 Å². The molecule has 48 heavy (non-hydrogen) atoms. The molecule has 12 nitrogen and oxygen atoms in total. The van der Waals surface area contributed by atoms with Gasteiger partial charge in [0, 0.05) is 55.6 Å². The summed E-state index contributed by atoms with van der Waals surface area (Å²) in [5, 5.41) is 6.09. The van der Waals surface area contributed by atoms with E-state index in [0.717, 1.165) is 43.1 Å². The van der Waals surface area contributed by atoms with Crippen LogP contribution in [-0.2, 0) is 14.3 Å². The molecule has 1 aromatic heterocycles. The summed E-state index contributed by atoms with van der Waals surface area (Å²) in [5.74, 6) is -0.860. The van der Waals surface area contributed by atoms with E-state index in [1.807, 2.05) is 42.3 Å². The van der Waals surface area contributed by atoms with Crippen molar-refractivity contribution in [2.24, 2.45) is 5.73 Å². The first-order valence-corrected chi connectivity index (χ1v) is 17.3. The summed E-state index contributed by atoms with van der Waals surface area (Å²) < 4.78 is 29.3. The monoisotopic (exact) mass is 744 g/mol. The average molecular weight is 746 g/mol. The Morgan fingerprint density at radius 1 is 1.06 bits per heavy atom. The number of primary amides is 1. The molecular formula is C33H42BrFN8O4S. The molecule has 15 heteroatoms. The highest BCUT2D eigenvalue weighted by molar-refractivity contribution is 9.10. The minimum Gasteiger partial charge on any atom is -0.378 e. The predicted octanol–water partition coefficient (Wildman–Crippen LogP) is 5.09. The zero-order valence-corrected chi connectivity index (χ0v) is 29.3. The molecule has 0 unspecified atom stereocenters. The summed E-state index contributed by atoms with van der Waals surface area (Å²) in [6, 6.07) is 11.9. The van der Waals surface area contributed by atoms with Crippen molar-refractivity contribution in [1.82, 2.24) is 24.5 Å². The predicted molar refractivity (Wildman–Crippen MR) is 190 cm³/mol. The maximum Gasteiger partial charge on any atom is 0.253 e. The second-order valence-electron chi connectivity index (χ2n) is 11.0. The second kappa shape index (κ2) is 20.0. The van der Waals surface area contributed by atoms with Crippen molar-refractivity contribution in [1.29, 1.82) is 0 Å². The molecular weight excluding hydrogens is 703 g/mol. The van der Waals surface area contributed by atoms with Crippen LogP contribution in [0.3, 0.4) is 0 Å². The van der Waals surface area contributed by atoms with Crippen molar-refractivity contribution >= 4 is 62.8 Å². The van der Waals surface area contributed by atoms with Crippen LogP contribution in [-0.4, -0.2) is 97.8 Å². The molecule has 1 saturated heterocycles. The lowest BCUT2D eigenvalue weighted by atomic mass is 10.1. The zero-order valence-electron chi connectivity index (χ0n) is 26.9. The van der Waals surface area contributed by atoms with Gasteiger partial charge in [-0.05, 0) is 90.6 Å². The SMILES string of the molecule is CN(C/C=C/C(=O)N1CCCCC1)CCOCCOCCNSc1ccc(Nc2ncc(Br)c(Nc3cccc(F)c3C(N)=O)n2)cc1. The van der Waals surface area contributed by atoms with E-state index in [2.05, 4.69) is 46.2 Å². The molecule has 0 saturated carbocycles. The normalized spacial score (nSPS) is 13.3. The minimum absolute atomic E-state index is 0.112. The molecule has 0 radical (unpaired) electrons. The fourth-order valence-corrected chi connectivity index (χ4v) is 5.61. The highest BCUT2D eigenvalue weighted by Crippen LogP contribution is 2.28. The van der Waals surface area contributed by atoms with Crippen molar-refractivity contribution in [3.05, 3.63) is 76.7 Å². The first-order chi connectivity index (χ1) is 23.3. The highest BCUT2D eigenvalue weighted by Gasteiger charge is 2.16. The Balaban J connectivity index is 1.06. The molecule has 2 heterocycles. The van der Waals surface area contributed by atoms with Gasteiger partial charge in [-0.2, -0.15) is 4.98 Å². The number of amides is 2. The van der Waals surface area contributed by atoms with Gasteiger partial charge in [-0.25, -0.2) is 9.37 Å². The second-order valence-corrected chi connectivity index (χ2v) is 12.8. The minimum atomic E-state index is -0.886. The van der Waals surface area contributed by atoms with E-state index >= 15 is 0 Å². The average Bonchev–Trinajstić information content (AvgIpc) is 3.08. The molecule has 0 bridgehead atoms. The fourth-order valence-electron chi connectivity index (χ4n) is 4.69. The largest absolute Gasteiger partial charge is 0.378 e. The number of aromatic nitrogens is 2. The number of likely N-dealkylation sites (tertiary alicyclic amines) is 1. The van der Waals surface area contributed by atoms with E-state index in [9.17, 15) is 14.0 Å². The van der Waals surface area contributed by atoms with Crippen LogP contribution in [0.25, 0.3) is 0 Å². The van der Waals surface area contributed by atoms with E-state index in [4.69, 9.17) is 15.2 Å². The van der Waals surface area contributed by atoms with Gasteiger partial charge in [0.05, 0.1) is 42.2 Å². The summed E-state index contributed by atoms with van der Waals surface area (Å²) in [7, 11) is 2.01. The molecule has 4 rings (SSSR count). The molecule has 0 atom stereocenters. The van der Waals surface area contributed by atoms with Crippen molar-refractivity contribution in [2.45, 2.75) is 24.2 Å². The van der Waals surface area contributed by atoms with E-state index in [0.29, 0.717) is 55.8 Å². The van der Waals surface area contributed by atoms with Crippen LogP contribution in [0.1, 0.15) is 29.6 Å². The number of anilines is 4. The van der Waals surface area contributed by atoms with Gasteiger partial charge in [0.1, 0.15) is 11.6 Å². The van der Waals surface area contributed by atoms with Crippen LogP contribution >= 0.6 is 27.9 Å². The quantitative estimate of drug-likeness (QED) is 0.0739. The van der Waals surface area contributed by atoms with Gasteiger partial charge in [0.25, 0.3) is 5.91 Å². The van der Waals surface area contributed by atoms with Gasteiger partial charge >= 0.3 is 0 Å². The van der Waals surface area contributed by atoms with Gasteiger partial charge in [0.15, 0.2) is 0 Å². The maximum absolute atomic E-state index is 14.2. The smallest absolute Gasteiger partial charge is 0.253 e. The number of hydrogen-bond donors (Lipinski definition) is 4. The van der Waals surface area contributed by atoms with Crippen LogP contribution in [0.4, 0.5) is 27.5 Å². The van der Waals surface area contributed by atoms with E-state index < -0.39 is 11.7 Å². The van der Waals surface area contributed by atoms with Crippen LogP contribution in [0, 0.1) is 5.82 Å². The Bertz CT molecular complexity index is 1510. The number of nitrogens with zero attached hydrogens (tertiary/aromatic N) is 4. The van der Waals surface area contributed by atoms with Crippen LogP contribution < -0.4 is 21.1 Å². The Hall–Kier alpha value is -3.60. The first-order valence-electron chi connectivity index (χ1n) is 15.7. The molecule has 0 aliphatic carbocycles. The van der Waals surface area contributed by atoms with Gasteiger partial charge in [-0.1, -0.05) is 12.1 Å². The number of nitrogens with one attached hydrogen (secondary N) is 3. The standard InChI is InChI=1S/C33H42BrFN8O4S/c1-42(15-6-9-29(44)43-16-3-2-4-17-43)18-20-47-22-21-46-19-14-38-48-25-12-10-24(11-13-25)39-33-37-23-26(34)32(41-33)40-28-8-5-7-27(35)30(28)31(36)45/h5-13,23,38H,2-4,14-22H2,1H3,(H2,36,45)(H2,37,39,40,41)/b9-6+. The molecule has 1 aliphatic heterocycles. The number of carbonyl (C=O) groups is 2. The summed E-state index contributed by atoms with van der Waals surface area (Å²) in [5.41, 5.74) is 6.07. The van der Waals surface area contributed by atoms with Crippen LogP contribution in [0.15, 0.2) is 70.2 Å². The Kier molecular flexibility index (Phi) is 15.5. The molecule has 2 aromatic carbocycles. The molecule has 3 aromatic rings. The lowest BCUT2D eigenvalue weighted by molar-refractivity contribution is -0.126. The number of halogens is 2. The number of hydrogen-bond acceptors (Lipinski definition) is 11. The van der Waals surface area contributed by atoms with Gasteiger partial charge in [-0.15, -0.1) is 0 Å². The fraction of sp³-hybridized carbons (Fsp3) is 0.394. The Morgan fingerprint density at radius 2 is 1.81 bits per heavy atom. The first kappa shape index (κ1) is 37.2. The summed E-state index contributed by atoms with van der Waals surface area (Å²) >= 11 is 4.88. The molecule has 1 fully saturated rings. The third-order valence-electron chi connectivity index (χ3n) is 7.24. The number of nitrogens with two attached hydrogens (primary N) is 1. The van der Waals surface area contributed by atoms with Crippen LogP contribution in [0.2, 0.25) is 0 Å². The van der Waals surface area contributed by atoms with Gasteiger partial charge in [0.2, 0.25) is 11.9 Å². The molecule has 2 amide bonds. The number of rotatable bonds is 19. The highest BCUT2D eigenvalue weighted by atomic mass is 79.9. The Labute approximate surface area is 293 Å².